The molecule has 0 saturated carbocycles. The molecule has 1 amide bonds. The first-order valence-corrected chi connectivity index (χ1v) is 12.8. The van der Waals surface area contributed by atoms with E-state index in [1.165, 1.54) is 12.3 Å². The van der Waals surface area contributed by atoms with Gasteiger partial charge in [-0.3, -0.25) is 9.89 Å². The molecule has 0 unspecified atom stereocenters. The summed E-state index contributed by atoms with van der Waals surface area (Å²) in [5, 5.41) is 18.7. The first kappa shape index (κ1) is 29.7. The lowest BCUT2D eigenvalue weighted by molar-refractivity contribution is -0.140. The summed E-state index contributed by atoms with van der Waals surface area (Å²) in [6.07, 6.45) is -2.33. The fourth-order valence-corrected chi connectivity index (χ4v) is 4.13. The Morgan fingerprint density at radius 3 is 2.63 bits per heavy atom. The summed E-state index contributed by atoms with van der Waals surface area (Å²) < 4.78 is 59.3. The van der Waals surface area contributed by atoms with Crippen LogP contribution in [0.4, 0.5) is 23.4 Å². The number of aromatic amines is 1. The molecule has 216 valence electrons. The second-order valence-corrected chi connectivity index (χ2v) is 10.2. The molecular weight excluding hydrogens is 542 g/mol. The number of aromatic nitrogens is 4. The van der Waals surface area contributed by atoms with Gasteiger partial charge in [0.05, 0.1) is 17.8 Å². The number of nitrogens with zero attached hydrogens (tertiary/aromatic N) is 3. The van der Waals surface area contributed by atoms with Crippen molar-refractivity contribution in [3.05, 3.63) is 88.9 Å². The van der Waals surface area contributed by atoms with Gasteiger partial charge >= 0.3 is 6.18 Å². The number of benzene rings is 2. The van der Waals surface area contributed by atoms with Gasteiger partial charge in [0.25, 0.3) is 5.91 Å². The number of amides is 1. The highest BCUT2D eigenvalue weighted by Crippen LogP contribution is 2.33. The van der Waals surface area contributed by atoms with Crippen molar-refractivity contribution in [2.75, 3.05) is 11.9 Å². The van der Waals surface area contributed by atoms with Gasteiger partial charge < -0.3 is 15.2 Å². The summed E-state index contributed by atoms with van der Waals surface area (Å²) in [6, 6.07) is 12.1. The average molecular weight is 572 g/mol. The SMILES string of the molecule is Cc1ccc(OCCCC(C)(C)O)cc1-c1ccnc(NC(=O)c2n[nH]c(Cc3cccc(C(F)(F)F)c3F)n2)c1. The van der Waals surface area contributed by atoms with Crippen LogP contribution in [0, 0.1) is 12.7 Å². The lowest BCUT2D eigenvalue weighted by Gasteiger charge is -2.17. The van der Waals surface area contributed by atoms with Gasteiger partial charge in [0.15, 0.2) is 0 Å². The van der Waals surface area contributed by atoms with Crippen molar-refractivity contribution in [1.29, 1.82) is 0 Å². The van der Waals surface area contributed by atoms with Crippen molar-refractivity contribution in [2.45, 2.75) is 51.8 Å². The van der Waals surface area contributed by atoms with E-state index in [9.17, 15) is 27.5 Å². The van der Waals surface area contributed by atoms with E-state index in [-0.39, 0.29) is 29.5 Å². The largest absolute Gasteiger partial charge is 0.494 e. The summed E-state index contributed by atoms with van der Waals surface area (Å²) in [5.41, 5.74) is 0.231. The normalized spacial score (nSPS) is 11.9. The van der Waals surface area contributed by atoms with Gasteiger partial charge in [0.2, 0.25) is 5.82 Å². The smallest absolute Gasteiger partial charge is 0.419 e. The second-order valence-electron chi connectivity index (χ2n) is 10.2. The zero-order chi connectivity index (χ0) is 29.8. The highest BCUT2D eigenvalue weighted by molar-refractivity contribution is 6.01. The minimum atomic E-state index is -4.83. The number of nitrogens with one attached hydrogen (secondary N) is 2. The van der Waals surface area contributed by atoms with Gasteiger partial charge in [-0.25, -0.2) is 14.4 Å². The summed E-state index contributed by atoms with van der Waals surface area (Å²) in [5.74, 6) is -1.49. The molecule has 2 heterocycles. The van der Waals surface area contributed by atoms with Gasteiger partial charge in [-0.1, -0.05) is 18.2 Å². The zero-order valence-electron chi connectivity index (χ0n) is 22.6. The summed E-state index contributed by atoms with van der Waals surface area (Å²) in [7, 11) is 0. The Morgan fingerprint density at radius 1 is 1.12 bits per heavy atom. The van der Waals surface area contributed by atoms with Crippen LogP contribution in [0.5, 0.6) is 5.75 Å². The van der Waals surface area contributed by atoms with E-state index in [1.54, 1.807) is 26.0 Å². The number of H-pyrrole nitrogens is 1. The number of pyridine rings is 1. The van der Waals surface area contributed by atoms with E-state index < -0.39 is 29.1 Å². The molecule has 12 heteroatoms. The van der Waals surface area contributed by atoms with Gasteiger partial charge in [-0.05, 0) is 86.2 Å². The van der Waals surface area contributed by atoms with E-state index in [4.69, 9.17) is 4.74 Å². The Balaban J connectivity index is 1.44. The van der Waals surface area contributed by atoms with E-state index >= 15 is 0 Å². The molecule has 4 aromatic rings. The number of alkyl halides is 3. The van der Waals surface area contributed by atoms with E-state index in [0.717, 1.165) is 22.8 Å². The number of halogens is 4. The molecular formula is C29H29F4N5O3. The third kappa shape index (κ3) is 7.88. The Bertz CT molecular complexity index is 1530. The lowest BCUT2D eigenvalue weighted by atomic mass is 10.0. The highest BCUT2D eigenvalue weighted by Gasteiger charge is 2.34. The van der Waals surface area contributed by atoms with Crippen LogP contribution in [0.3, 0.4) is 0 Å². The quantitative estimate of drug-likeness (QED) is 0.157. The number of carbonyl (C=O) groups is 1. The van der Waals surface area contributed by atoms with Gasteiger partial charge in [0.1, 0.15) is 23.2 Å². The molecule has 2 aromatic heterocycles. The van der Waals surface area contributed by atoms with Crippen LogP contribution in [0.1, 0.15) is 59.8 Å². The molecule has 0 aliphatic heterocycles. The van der Waals surface area contributed by atoms with E-state index in [0.29, 0.717) is 31.3 Å². The number of hydrogen-bond acceptors (Lipinski definition) is 6. The van der Waals surface area contributed by atoms with Crippen LogP contribution in [0.2, 0.25) is 0 Å². The maximum atomic E-state index is 14.4. The maximum Gasteiger partial charge on any atom is 0.419 e. The number of rotatable bonds is 10. The summed E-state index contributed by atoms with van der Waals surface area (Å²) in [4.78, 5) is 20.9. The first-order chi connectivity index (χ1) is 19.3. The van der Waals surface area contributed by atoms with Crippen molar-refractivity contribution in [1.82, 2.24) is 20.2 Å². The molecule has 0 atom stereocenters. The van der Waals surface area contributed by atoms with Crippen LogP contribution in [0.25, 0.3) is 11.1 Å². The predicted octanol–water partition coefficient (Wildman–Crippen LogP) is 6.11. The van der Waals surface area contributed by atoms with E-state index in [2.05, 4.69) is 25.5 Å². The third-order valence-corrected chi connectivity index (χ3v) is 6.20. The van der Waals surface area contributed by atoms with Gasteiger partial charge in [-0.15, -0.1) is 5.10 Å². The maximum absolute atomic E-state index is 14.4. The fourth-order valence-electron chi connectivity index (χ4n) is 4.13. The molecule has 2 aromatic carbocycles. The molecule has 41 heavy (non-hydrogen) atoms. The predicted molar refractivity (Wildman–Crippen MR) is 144 cm³/mol. The van der Waals surface area contributed by atoms with Crippen molar-refractivity contribution in [3.63, 3.8) is 0 Å². The van der Waals surface area contributed by atoms with Gasteiger partial charge in [0, 0.05) is 12.6 Å². The van der Waals surface area contributed by atoms with Crippen molar-refractivity contribution < 1.29 is 32.2 Å². The Morgan fingerprint density at radius 2 is 1.90 bits per heavy atom. The zero-order valence-corrected chi connectivity index (χ0v) is 22.6. The minimum absolute atomic E-state index is 0.0186. The molecule has 0 saturated heterocycles. The molecule has 0 aliphatic carbocycles. The summed E-state index contributed by atoms with van der Waals surface area (Å²) >= 11 is 0. The van der Waals surface area contributed by atoms with E-state index in [1.807, 2.05) is 25.1 Å². The second kappa shape index (κ2) is 12.0. The average Bonchev–Trinajstić information content (AvgIpc) is 3.36. The molecule has 0 bridgehead atoms. The van der Waals surface area contributed by atoms with Crippen molar-refractivity contribution >= 4 is 11.7 Å². The Hall–Kier alpha value is -4.32. The van der Waals surface area contributed by atoms with Gasteiger partial charge in [-0.2, -0.15) is 13.2 Å². The molecule has 8 nitrogen and oxygen atoms in total. The third-order valence-electron chi connectivity index (χ3n) is 6.20. The number of aryl methyl sites for hydroxylation is 1. The molecule has 0 spiro atoms. The van der Waals surface area contributed by atoms with Crippen LogP contribution >= 0.6 is 0 Å². The number of aliphatic hydroxyl groups is 1. The molecule has 0 fully saturated rings. The van der Waals surface area contributed by atoms with Crippen LogP contribution in [-0.4, -0.2) is 43.4 Å². The molecule has 3 N–H and O–H groups in total. The number of hydrogen-bond donors (Lipinski definition) is 3. The number of ether oxygens (including phenoxy) is 1. The summed E-state index contributed by atoms with van der Waals surface area (Å²) in [6.45, 7) is 5.89. The minimum Gasteiger partial charge on any atom is -0.494 e. The molecule has 0 aliphatic rings. The molecule has 4 rings (SSSR count). The van der Waals surface area contributed by atoms with Crippen LogP contribution in [-0.2, 0) is 12.6 Å². The Kier molecular flexibility index (Phi) is 8.72. The number of anilines is 1. The standard InChI is InChI=1S/C29H29F4N5O3/c1-17-8-9-20(41-13-5-11-28(2,3)40)16-21(17)18-10-12-34-23(14-18)36-27(39)26-35-24(37-38-26)15-19-6-4-7-22(25(19)30)29(31,32)33/h4,6-10,12,14,16,40H,5,11,13,15H2,1-3H3,(H,34,36,39)(H,35,37,38). The van der Waals surface area contributed by atoms with Crippen LogP contribution < -0.4 is 10.1 Å². The topological polar surface area (TPSA) is 113 Å². The highest BCUT2D eigenvalue weighted by atomic mass is 19.4. The first-order valence-electron chi connectivity index (χ1n) is 12.8. The van der Waals surface area contributed by atoms with Crippen molar-refractivity contribution in [3.8, 4) is 16.9 Å². The fraction of sp³-hybridized carbons (Fsp3) is 0.310. The molecule has 0 radical (unpaired) electrons. The monoisotopic (exact) mass is 571 g/mol. The van der Waals surface area contributed by atoms with Crippen molar-refractivity contribution in [2.24, 2.45) is 0 Å². The van der Waals surface area contributed by atoms with Crippen LogP contribution in [0.15, 0.2) is 54.7 Å². The number of carbonyl (C=O) groups excluding carboxylic acids is 1. The lowest BCUT2D eigenvalue weighted by Crippen LogP contribution is -2.19. The Labute approximate surface area is 233 Å².